The second-order valence-electron chi connectivity index (χ2n) is 10.5. The van der Waals surface area contributed by atoms with Crippen molar-refractivity contribution in [3.63, 3.8) is 0 Å². The smallest absolute Gasteiger partial charge is 0.333 e. The molecule has 15 heteroatoms. The molecular formula is C28H32FN7O6S. The summed E-state index contributed by atoms with van der Waals surface area (Å²) in [5.74, 6) is -1.11. The summed E-state index contributed by atoms with van der Waals surface area (Å²) in [6.45, 7) is 6.95. The topological polar surface area (TPSA) is 168 Å². The van der Waals surface area contributed by atoms with Gasteiger partial charge < -0.3 is 14.9 Å². The van der Waals surface area contributed by atoms with Crippen molar-refractivity contribution in [2.24, 2.45) is 5.92 Å². The molecule has 0 spiro atoms. The minimum Gasteiger partial charge on any atom is -0.496 e. The molecule has 5 rings (SSSR count). The number of halogens is 1. The first-order chi connectivity index (χ1) is 20.4. The monoisotopic (exact) mass is 613 g/mol. The van der Waals surface area contributed by atoms with E-state index in [1.54, 1.807) is 6.92 Å². The Bertz CT molecular complexity index is 1780. The summed E-state index contributed by atoms with van der Waals surface area (Å²) in [7, 11) is 1.46. The van der Waals surface area contributed by atoms with E-state index in [1.165, 1.54) is 60.9 Å². The molecule has 0 radical (unpaired) electrons. The summed E-state index contributed by atoms with van der Waals surface area (Å²) in [6, 6.07) is 6.25. The van der Waals surface area contributed by atoms with E-state index in [0.717, 1.165) is 35.5 Å². The normalized spacial score (nSPS) is 13.7. The molecule has 3 aromatic heterocycles. The fourth-order valence-corrected chi connectivity index (χ4v) is 6.02. The Labute approximate surface area is 249 Å². The number of aliphatic hydroxyl groups is 1. The molecular weight excluding hydrogens is 581 g/mol. The highest BCUT2D eigenvalue weighted by atomic mass is 32.1. The number of nitrogens with zero attached hydrogens (tertiary/aromatic N) is 7. The number of aromatic nitrogens is 5. The van der Waals surface area contributed by atoms with Crippen molar-refractivity contribution in [3.05, 3.63) is 68.4 Å². The highest BCUT2D eigenvalue weighted by Gasteiger charge is 2.35. The quantitative estimate of drug-likeness (QED) is 0.284. The van der Waals surface area contributed by atoms with E-state index in [-0.39, 0.29) is 30.9 Å². The zero-order valence-electron chi connectivity index (χ0n) is 24.2. The van der Waals surface area contributed by atoms with Crippen molar-refractivity contribution in [2.45, 2.75) is 39.3 Å². The number of nitriles is 1. The summed E-state index contributed by atoms with van der Waals surface area (Å²) in [5.41, 5.74) is -2.24. The Morgan fingerprint density at radius 3 is 2.49 bits per heavy atom. The molecule has 0 aliphatic carbocycles. The van der Waals surface area contributed by atoms with Crippen LogP contribution in [-0.4, -0.2) is 78.6 Å². The van der Waals surface area contributed by atoms with Gasteiger partial charge in [0, 0.05) is 31.7 Å². The number of rotatable bonds is 9. The number of aryl methyl sites for hydroxylation is 3. The number of methoxy groups -OCH3 is 1. The van der Waals surface area contributed by atoms with Crippen LogP contribution in [0.25, 0.3) is 15.2 Å². The van der Waals surface area contributed by atoms with Gasteiger partial charge in [-0.15, -0.1) is 4.80 Å². The second-order valence-corrected chi connectivity index (χ2v) is 11.5. The first-order valence-corrected chi connectivity index (χ1v) is 14.2. The lowest BCUT2D eigenvalue weighted by molar-refractivity contribution is -0.146. The maximum atomic E-state index is 13.9. The molecule has 13 nitrogen and oxygen atoms in total. The van der Waals surface area contributed by atoms with E-state index in [9.17, 15) is 23.9 Å². The van der Waals surface area contributed by atoms with Crippen LogP contribution in [0.2, 0.25) is 0 Å². The van der Waals surface area contributed by atoms with Gasteiger partial charge >= 0.3 is 11.7 Å². The number of benzene rings is 1. The van der Waals surface area contributed by atoms with E-state index in [0.29, 0.717) is 26.7 Å². The number of aliphatic hydroxyl groups excluding tert-OH is 1. The number of fused-ring (bicyclic) bond motifs is 1. The molecule has 0 atom stereocenters. The molecule has 4 heterocycles. The minimum atomic E-state index is -1.81. The van der Waals surface area contributed by atoms with Crippen LogP contribution < -0.4 is 16.0 Å². The zero-order chi connectivity index (χ0) is 31.5. The first kappa shape index (κ1) is 31.5. The number of ether oxygens (including phenoxy) is 1. The van der Waals surface area contributed by atoms with E-state index in [1.807, 2.05) is 0 Å². The molecule has 43 heavy (non-hydrogen) atoms. The van der Waals surface area contributed by atoms with Crippen LogP contribution in [0.4, 0.5) is 4.39 Å². The number of hydrogen-bond acceptors (Lipinski definition) is 10. The van der Waals surface area contributed by atoms with Gasteiger partial charge in [-0.25, -0.2) is 18.5 Å². The molecule has 0 unspecified atom stereocenters. The molecule has 0 bridgehead atoms. The summed E-state index contributed by atoms with van der Waals surface area (Å²) < 4.78 is 21.3. The Morgan fingerprint density at radius 2 is 1.91 bits per heavy atom. The Balaban J connectivity index is 0.000000403. The lowest BCUT2D eigenvalue weighted by atomic mass is 10.0. The maximum Gasteiger partial charge on any atom is 0.333 e. The number of carboxylic acids is 1. The van der Waals surface area contributed by atoms with Gasteiger partial charge in [-0.1, -0.05) is 11.3 Å². The van der Waals surface area contributed by atoms with Crippen molar-refractivity contribution >= 4 is 27.5 Å². The predicted octanol–water partition coefficient (Wildman–Crippen LogP) is 1.76. The molecule has 1 aliphatic rings. The van der Waals surface area contributed by atoms with Crippen molar-refractivity contribution in [2.75, 3.05) is 33.4 Å². The number of thiophene rings is 1. The zero-order valence-corrected chi connectivity index (χ0v) is 25.0. The van der Waals surface area contributed by atoms with Gasteiger partial charge in [0.1, 0.15) is 26.9 Å². The number of hydrogen-bond donors (Lipinski definition) is 2. The summed E-state index contributed by atoms with van der Waals surface area (Å²) in [6.07, 6.45) is 3.17. The van der Waals surface area contributed by atoms with Crippen LogP contribution in [0.15, 0.2) is 40.2 Å². The summed E-state index contributed by atoms with van der Waals surface area (Å²) in [5, 5.41) is 35.5. The third-order valence-electron chi connectivity index (χ3n) is 7.27. The van der Waals surface area contributed by atoms with Crippen LogP contribution in [-0.2, 0) is 23.3 Å². The first-order valence-electron chi connectivity index (χ1n) is 13.4. The van der Waals surface area contributed by atoms with E-state index in [2.05, 4.69) is 21.2 Å². The van der Waals surface area contributed by atoms with Crippen molar-refractivity contribution in [1.82, 2.24) is 29.0 Å². The van der Waals surface area contributed by atoms with E-state index < -0.39 is 28.6 Å². The molecule has 0 saturated carbocycles. The Hall–Kier alpha value is -4.39. The number of carbonyl (C=O) groups is 1. The number of likely N-dealkylation sites (tertiary alicyclic amines) is 1. The molecule has 1 aliphatic heterocycles. The van der Waals surface area contributed by atoms with E-state index in [4.69, 9.17) is 15.1 Å². The Morgan fingerprint density at radius 1 is 1.23 bits per heavy atom. The van der Waals surface area contributed by atoms with Crippen LogP contribution in [0.3, 0.4) is 0 Å². The summed E-state index contributed by atoms with van der Waals surface area (Å²) >= 11 is 1.15. The maximum absolute atomic E-state index is 13.9. The van der Waals surface area contributed by atoms with Gasteiger partial charge in [-0.05, 0) is 51.0 Å². The minimum absolute atomic E-state index is 0.0526. The van der Waals surface area contributed by atoms with E-state index >= 15 is 0 Å². The Kier molecular flexibility index (Phi) is 9.43. The van der Waals surface area contributed by atoms with Crippen LogP contribution >= 0.6 is 11.3 Å². The van der Waals surface area contributed by atoms with Gasteiger partial charge in [0.2, 0.25) is 0 Å². The molecule has 2 N–H and O–H groups in total. The highest BCUT2D eigenvalue weighted by Crippen LogP contribution is 2.31. The fraction of sp³-hybridized carbons (Fsp3) is 0.429. The third kappa shape index (κ3) is 6.21. The SMILES string of the molecule is COc1ccc(F)cc1CCn1c(=O)n(C(C)(C)C(=O)O)c(=O)c2c(C)c(-n3nccn3)sc21.N#CC1CN(CCO)C1. The van der Waals surface area contributed by atoms with Crippen molar-refractivity contribution in [3.8, 4) is 16.8 Å². The number of aliphatic carboxylic acids is 1. The molecule has 0 amide bonds. The molecule has 228 valence electrons. The molecule has 1 fully saturated rings. The van der Waals surface area contributed by atoms with Gasteiger partial charge in [0.15, 0.2) is 0 Å². The van der Waals surface area contributed by atoms with Crippen molar-refractivity contribution in [1.29, 1.82) is 5.26 Å². The molecule has 4 aromatic rings. The average Bonchev–Trinajstić information content (AvgIpc) is 3.59. The fourth-order valence-electron chi connectivity index (χ4n) is 4.78. The molecule has 1 saturated heterocycles. The van der Waals surface area contributed by atoms with Gasteiger partial charge in [0.05, 0.1) is 43.5 Å². The average molecular weight is 614 g/mol. The van der Waals surface area contributed by atoms with Crippen LogP contribution in [0.5, 0.6) is 5.75 Å². The van der Waals surface area contributed by atoms with Gasteiger partial charge in [-0.3, -0.25) is 14.3 Å². The van der Waals surface area contributed by atoms with Gasteiger partial charge in [0.25, 0.3) is 5.56 Å². The van der Waals surface area contributed by atoms with Crippen LogP contribution in [0.1, 0.15) is 25.0 Å². The number of β-amino-alcohol motifs (C(OH)–C–C–N with tert-alkyl or cyclic N) is 1. The lowest BCUT2D eigenvalue weighted by Gasteiger charge is -2.34. The third-order valence-corrected chi connectivity index (χ3v) is 8.55. The van der Waals surface area contributed by atoms with Gasteiger partial charge in [-0.2, -0.15) is 15.5 Å². The standard InChI is InChI=1S/C22H22FN5O5S.C6H10N2O/c1-12-16-17(29)27(22(2,3)20(30)31)21(32)26(19(16)34-18(12)28-24-8-9-25-28)10-7-13-11-14(23)5-6-15(13)33-4;7-3-6-4-8(5-6)1-2-9/h5-6,8-9,11H,7,10H2,1-4H3,(H,30,31);6,9H,1-2,4-5H2. The van der Waals surface area contributed by atoms with Crippen molar-refractivity contribution < 1.29 is 24.1 Å². The second kappa shape index (κ2) is 12.9. The molecule has 1 aromatic carbocycles. The largest absolute Gasteiger partial charge is 0.496 e. The highest BCUT2D eigenvalue weighted by molar-refractivity contribution is 7.21. The predicted molar refractivity (Wildman–Crippen MR) is 156 cm³/mol. The number of carboxylic acid groups (broad SMARTS) is 1. The lowest BCUT2D eigenvalue weighted by Crippen LogP contribution is -2.52. The van der Waals surface area contributed by atoms with Crippen LogP contribution in [0, 0.1) is 30.0 Å². The summed E-state index contributed by atoms with van der Waals surface area (Å²) in [4.78, 5) is 42.7.